The molecule has 1 aromatic carbocycles. The summed E-state index contributed by atoms with van der Waals surface area (Å²) in [5.74, 6) is 2.37. The van der Waals surface area contributed by atoms with E-state index in [9.17, 15) is 4.79 Å². The minimum Gasteiger partial charge on any atom is -0.402 e. The van der Waals surface area contributed by atoms with E-state index in [4.69, 9.17) is 22.0 Å². The van der Waals surface area contributed by atoms with Crippen molar-refractivity contribution in [1.29, 1.82) is 16.2 Å². The molecule has 5 rings (SSSR count). The van der Waals surface area contributed by atoms with Crippen LogP contribution in [0.1, 0.15) is 70.7 Å². The number of allylic oxidation sites excluding steroid dienone is 2. The number of hydrogen-bond acceptors (Lipinski definition) is 9. The summed E-state index contributed by atoms with van der Waals surface area (Å²) in [6.45, 7) is 0.838. The average Bonchev–Trinajstić information content (AvgIpc) is 3.42. The molecule has 0 unspecified atom stereocenters. The fourth-order valence-corrected chi connectivity index (χ4v) is 6.12. The Kier molecular flexibility index (Phi) is 11.8. The van der Waals surface area contributed by atoms with Gasteiger partial charge in [0.1, 0.15) is 5.01 Å². The van der Waals surface area contributed by atoms with E-state index >= 15 is 0 Å². The van der Waals surface area contributed by atoms with Gasteiger partial charge in [-0.25, -0.2) is 4.98 Å². The van der Waals surface area contributed by atoms with Gasteiger partial charge >= 0.3 is 0 Å². The number of aryl methyl sites for hydroxylation is 1. The highest BCUT2D eigenvalue weighted by Crippen LogP contribution is 2.43. The van der Waals surface area contributed by atoms with Gasteiger partial charge in [0.15, 0.2) is 11.9 Å². The molecular formula is C30H42N8OS. The van der Waals surface area contributed by atoms with Crippen molar-refractivity contribution in [2.75, 3.05) is 19.4 Å². The standard InChI is InChI=1S/C12H13N5OS.C10H15N3.C8H14/c1-17-9(6-18)8(5-14)11-12(17)16-10(19-11)4-7(15)2-3-13;1-12-7-8-3-4-10(13-2)9(5-8)6-11;1-3-7(4-1)8-5-2-6-8/h2-3,5-6,13-14H,4,15H2,1H3;3-6,11-13H,7H2,1-2H3;7-8H,1-6H2/b7-2-,13-3?,14-5?;;. The first-order valence-corrected chi connectivity index (χ1v) is 14.6. The number of aldehydes is 1. The molecule has 2 aliphatic rings. The van der Waals surface area contributed by atoms with E-state index in [0.717, 1.165) is 40.0 Å². The van der Waals surface area contributed by atoms with Gasteiger partial charge in [0.25, 0.3) is 0 Å². The molecule has 0 radical (unpaired) electrons. The van der Waals surface area contributed by atoms with Gasteiger partial charge in [-0.05, 0) is 42.7 Å². The quantitative estimate of drug-likeness (QED) is 0.142. The van der Waals surface area contributed by atoms with Crippen molar-refractivity contribution in [2.45, 2.75) is 51.5 Å². The van der Waals surface area contributed by atoms with Gasteiger partial charge in [-0.15, -0.1) is 11.3 Å². The molecule has 0 amide bonds. The SMILES string of the molecule is C1CC(C2CCC2)C1.CNCc1ccc(NC)c(C=N)c1.Cn1c(C=O)c(C=N)c2sc(C/C(N)=C/C=N)nc21. The second kappa shape index (κ2) is 15.2. The Hall–Kier alpha value is -3.63. The Morgan fingerprint density at radius 2 is 1.80 bits per heavy atom. The number of nitrogens with zero attached hydrogens (tertiary/aromatic N) is 2. The van der Waals surface area contributed by atoms with Crippen LogP contribution in [0.15, 0.2) is 30.0 Å². The van der Waals surface area contributed by atoms with E-state index in [-0.39, 0.29) is 0 Å². The van der Waals surface area contributed by atoms with E-state index in [2.05, 4.69) is 21.7 Å². The number of rotatable bonds is 10. The maximum absolute atomic E-state index is 11.0. The second-order valence-corrected chi connectivity index (χ2v) is 11.3. The third-order valence-corrected chi connectivity index (χ3v) is 8.73. The molecule has 0 spiro atoms. The van der Waals surface area contributed by atoms with Crippen LogP contribution in [0.25, 0.3) is 10.3 Å². The van der Waals surface area contributed by atoms with E-state index in [1.165, 1.54) is 60.1 Å². The first-order chi connectivity index (χ1) is 19.4. The van der Waals surface area contributed by atoms with Crippen LogP contribution >= 0.6 is 11.3 Å². The maximum Gasteiger partial charge on any atom is 0.167 e. The second-order valence-electron chi connectivity index (χ2n) is 10.2. The lowest BCUT2D eigenvalue weighted by Crippen LogP contribution is -2.26. The molecular weight excluding hydrogens is 520 g/mol. The average molecular weight is 563 g/mol. The fraction of sp³-hybridized carbons (Fsp3) is 0.433. The first-order valence-electron chi connectivity index (χ1n) is 13.7. The van der Waals surface area contributed by atoms with Crippen molar-refractivity contribution in [2.24, 2.45) is 24.6 Å². The number of carbonyl (C=O) groups excluding carboxylic acids is 1. The molecule has 10 heteroatoms. The van der Waals surface area contributed by atoms with Gasteiger partial charge in [0.05, 0.1) is 10.4 Å². The number of nitrogens with one attached hydrogen (secondary N) is 5. The van der Waals surface area contributed by atoms with Crippen LogP contribution in [0.4, 0.5) is 5.69 Å². The summed E-state index contributed by atoms with van der Waals surface area (Å²) >= 11 is 1.42. The molecule has 40 heavy (non-hydrogen) atoms. The Morgan fingerprint density at radius 1 is 1.12 bits per heavy atom. The van der Waals surface area contributed by atoms with Crippen molar-refractivity contribution in [3.8, 4) is 0 Å². The number of fused-ring (bicyclic) bond motifs is 1. The minimum atomic E-state index is 0.457. The van der Waals surface area contributed by atoms with Crippen molar-refractivity contribution in [3.05, 3.63) is 57.4 Å². The normalized spacial score (nSPS) is 15.0. The Bertz CT molecular complexity index is 1340. The minimum absolute atomic E-state index is 0.457. The Morgan fingerprint density at radius 3 is 2.27 bits per heavy atom. The van der Waals surface area contributed by atoms with Crippen molar-refractivity contribution < 1.29 is 4.79 Å². The largest absolute Gasteiger partial charge is 0.402 e. The molecule has 214 valence electrons. The lowest BCUT2D eigenvalue weighted by Gasteiger charge is -2.39. The molecule has 0 aliphatic heterocycles. The fourth-order valence-electron chi connectivity index (χ4n) is 4.96. The molecule has 2 aromatic heterocycles. The summed E-state index contributed by atoms with van der Waals surface area (Å²) < 4.78 is 2.50. The molecule has 2 heterocycles. The number of thiazole rings is 1. The number of hydrogen-bond donors (Lipinski definition) is 6. The van der Waals surface area contributed by atoms with Crippen LogP contribution in [0.5, 0.6) is 0 Å². The molecule has 2 fully saturated rings. The zero-order chi connectivity index (χ0) is 29.1. The molecule has 2 saturated carbocycles. The summed E-state index contributed by atoms with van der Waals surface area (Å²) in [4.78, 5) is 15.5. The maximum atomic E-state index is 11.0. The summed E-state index contributed by atoms with van der Waals surface area (Å²) in [7, 11) is 5.52. The smallest absolute Gasteiger partial charge is 0.167 e. The van der Waals surface area contributed by atoms with Gasteiger partial charge in [-0.3, -0.25) is 4.79 Å². The van der Waals surface area contributed by atoms with Crippen LogP contribution in [0.2, 0.25) is 0 Å². The topological polar surface area (TPSA) is 157 Å². The number of aromatic nitrogens is 2. The summed E-state index contributed by atoms with van der Waals surface area (Å²) in [5, 5.41) is 28.5. The number of anilines is 1. The molecule has 2 aliphatic carbocycles. The van der Waals surface area contributed by atoms with Crippen molar-refractivity contribution in [1.82, 2.24) is 14.9 Å². The zero-order valence-corrected chi connectivity index (χ0v) is 24.5. The Labute approximate surface area is 240 Å². The monoisotopic (exact) mass is 562 g/mol. The zero-order valence-electron chi connectivity index (χ0n) is 23.7. The molecule has 0 bridgehead atoms. The third kappa shape index (κ3) is 7.51. The molecule has 0 atom stereocenters. The van der Waals surface area contributed by atoms with Gasteiger partial charge < -0.3 is 37.2 Å². The van der Waals surface area contributed by atoms with Crippen LogP contribution < -0.4 is 16.4 Å². The highest BCUT2D eigenvalue weighted by molar-refractivity contribution is 7.19. The molecule has 0 saturated heterocycles. The van der Waals surface area contributed by atoms with Gasteiger partial charge in [0, 0.05) is 68.2 Å². The van der Waals surface area contributed by atoms with Crippen LogP contribution in [0, 0.1) is 28.1 Å². The number of nitrogens with two attached hydrogens (primary N) is 1. The molecule has 9 nitrogen and oxygen atoms in total. The van der Waals surface area contributed by atoms with Gasteiger partial charge in [0.2, 0.25) is 0 Å². The lowest BCUT2D eigenvalue weighted by molar-refractivity contribution is 0.111. The molecule has 7 N–H and O–H groups in total. The van der Waals surface area contributed by atoms with E-state index in [0.29, 0.717) is 29.0 Å². The van der Waals surface area contributed by atoms with E-state index < -0.39 is 0 Å². The number of carbonyl (C=O) groups is 1. The molecule has 3 aromatic rings. The third-order valence-electron chi connectivity index (χ3n) is 7.65. The predicted molar refractivity (Wildman–Crippen MR) is 168 cm³/mol. The first kappa shape index (κ1) is 30.9. The van der Waals surface area contributed by atoms with E-state index in [1.54, 1.807) is 37.3 Å². The highest BCUT2D eigenvalue weighted by Gasteiger charge is 2.30. The van der Waals surface area contributed by atoms with Crippen molar-refractivity contribution in [3.63, 3.8) is 0 Å². The van der Waals surface area contributed by atoms with Crippen molar-refractivity contribution >= 4 is 52.3 Å². The van der Waals surface area contributed by atoms with Crippen LogP contribution in [-0.4, -0.2) is 48.6 Å². The van der Waals surface area contributed by atoms with Crippen LogP contribution in [0.3, 0.4) is 0 Å². The van der Waals surface area contributed by atoms with Gasteiger partial charge in [-0.1, -0.05) is 44.6 Å². The van der Waals surface area contributed by atoms with Crippen LogP contribution in [-0.2, 0) is 20.0 Å². The summed E-state index contributed by atoms with van der Waals surface area (Å²) in [6, 6.07) is 6.05. The highest BCUT2D eigenvalue weighted by atomic mass is 32.1. The predicted octanol–water partition coefficient (Wildman–Crippen LogP) is 5.51. The lowest BCUT2D eigenvalue weighted by atomic mass is 9.67. The summed E-state index contributed by atoms with van der Waals surface area (Å²) in [6.07, 6.45) is 15.7. The van der Waals surface area contributed by atoms with E-state index in [1.807, 2.05) is 26.2 Å². The Balaban J connectivity index is 0.000000180. The van der Waals surface area contributed by atoms with Gasteiger partial charge in [-0.2, -0.15) is 0 Å². The number of benzene rings is 1. The summed E-state index contributed by atoms with van der Waals surface area (Å²) in [5.41, 5.74) is 11.1.